The second-order valence-electron chi connectivity index (χ2n) is 7.39. The normalized spacial score (nSPS) is 11.6. The highest BCUT2D eigenvalue weighted by Crippen LogP contribution is 2.31. The van der Waals surface area contributed by atoms with Gasteiger partial charge in [-0.1, -0.05) is 43.8 Å². The largest absolute Gasteiger partial charge is 0.486 e. The lowest BCUT2D eigenvalue weighted by Crippen LogP contribution is -2.14. The van der Waals surface area contributed by atoms with Crippen LogP contribution in [0.3, 0.4) is 0 Å². The molecule has 1 N–H and O–H groups in total. The van der Waals surface area contributed by atoms with Crippen LogP contribution >= 0.6 is 11.8 Å². The number of halogens is 3. The Morgan fingerprint density at radius 3 is 2.53 bits per heavy atom. The molecular formula is C22H23F3N4O2S. The Bertz CT molecular complexity index is 1070. The molecule has 10 heteroatoms. The van der Waals surface area contributed by atoms with E-state index in [1.54, 1.807) is 11.6 Å². The minimum absolute atomic E-state index is 0.0558. The standard InChI is InChI=1S/C22H23F3N4O2S/c1-14(2)15-7-9-17(10-8-15)26-20(30)13-32-21-28-27-19(29(21)3)12-31-18-6-4-5-16(11-18)22(23,24)25/h4-11,14H,12-13H2,1-3H3,(H,26,30). The summed E-state index contributed by atoms with van der Waals surface area (Å²) in [5.74, 6) is 0.872. The molecule has 0 bridgehead atoms. The van der Waals surface area contributed by atoms with E-state index >= 15 is 0 Å². The molecule has 0 fully saturated rings. The van der Waals surface area contributed by atoms with E-state index in [0.29, 0.717) is 22.6 Å². The molecule has 0 aliphatic rings. The van der Waals surface area contributed by atoms with Crippen molar-refractivity contribution in [3.8, 4) is 5.75 Å². The highest BCUT2D eigenvalue weighted by molar-refractivity contribution is 7.99. The van der Waals surface area contributed by atoms with E-state index in [9.17, 15) is 18.0 Å². The monoisotopic (exact) mass is 464 g/mol. The molecule has 6 nitrogen and oxygen atoms in total. The highest BCUT2D eigenvalue weighted by atomic mass is 32.2. The molecule has 1 amide bonds. The number of alkyl halides is 3. The number of thioether (sulfide) groups is 1. The number of nitrogens with zero attached hydrogens (tertiary/aromatic N) is 3. The first kappa shape index (κ1) is 23.6. The average Bonchev–Trinajstić information content (AvgIpc) is 3.10. The Balaban J connectivity index is 1.53. The Labute approximate surface area is 188 Å². The van der Waals surface area contributed by atoms with Gasteiger partial charge in [0, 0.05) is 12.7 Å². The summed E-state index contributed by atoms with van der Waals surface area (Å²) in [6.45, 7) is 4.15. The van der Waals surface area contributed by atoms with E-state index in [4.69, 9.17) is 4.74 Å². The van der Waals surface area contributed by atoms with E-state index in [1.165, 1.54) is 29.5 Å². The quantitative estimate of drug-likeness (QED) is 0.460. The summed E-state index contributed by atoms with van der Waals surface area (Å²) in [6, 6.07) is 12.3. The van der Waals surface area contributed by atoms with Gasteiger partial charge in [-0.3, -0.25) is 4.79 Å². The van der Waals surface area contributed by atoms with Gasteiger partial charge in [-0.2, -0.15) is 13.2 Å². The van der Waals surface area contributed by atoms with Crippen LogP contribution in [0.25, 0.3) is 0 Å². The first-order valence-electron chi connectivity index (χ1n) is 9.84. The van der Waals surface area contributed by atoms with Crippen LogP contribution in [0.4, 0.5) is 18.9 Å². The summed E-state index contributed by atoms with van der Waals surface area (Å²) >= 11 is 1.20. The first-order valence-corrected chi connectivity index (χ1v) is 10.8. The van der Waals surface area contributed by atoms with Crippen LogP contribution in [0.5, 0.6) is 5.75 Å². The Morgan fingerprint density at radius 1 is 1.16 bits per heavy atom. The molecule has 32 heavy (non-hydrogen) atoms. The lowest BCUT2D eigenvalue weighted by Gasteiger charge is -2.10. The van der Waals surface area contributed by atoms with E-state index in [2.05, 4.69) is 29.4 Å². The van der Waals surface area contributed by atoms with Crippen LogP contribution in [0, 0.1) is 0 Å². The van der Waals surface area contributed by atoms with E-state index in [-0.39, 0.29) is 24.0 Å². The third kappa shape index (κ3) is 6.25. The van der Waals surface area contributed by atoms with Crippen molar-refractivity contribution < 1.29 is 22.7 Å². The smallest absolute Gasteiger partial charge is 0.416 e. The summed E-state index contributed by atoms with van der Waals surface area (Å²) in [5.41, 5.74) is 1.12. The number of amides is 1. The summed E-state index contributed by atoms with van der Waals surface area (Å²) in [6.07, 6.45) is -4.44. The number of anilines is 1. The van der Waals surface area contributed by atoms with Crippen molar-refractivity contribution in [3.63, 3.8) is 0 Å². The van der Waals surface area contributed by atoms with Crippen LogP contribution in [0.2, 0.25) is 0 Å². The zero-order valence-corrected chi connectivity index (χ0v) is 18.6. The second kappa shape index (κ2) is 10.1. The molecular weight excluding hydrogens is 441 g/mol. The SMILES string of the molecule is CC(C)c1ccc(NC(=O)CSc2nnc(COc3cccc(C(F)(F)F)c3)n2C)cc1. The van der Waals surface area contributed by atoms with Gasteiger partial charge < -0.3 is 14.6 Å². The lowest BCUT2D eigenvalue weighted by atomic mass is 10.0. The second-order valence-corrected chi connectivity index (χ2v) is 8.33. The maximum Gasteiger partial charge on any atom is 0.416 e. The van der Waals surface area contributed by atoms with Gasteiger partial charge in [-0.25, -0.2) is 0 Å². The van der Waals surface area contributed by atoms with Crippen molar-refractivity contribution in [3.05, 3.63) is 65.5 Å². The zero-order chi connectivity index (χ0) is 23.3. The molecule has 0 atom stereocenters. The maximum absolute atomic E-state index is 12.8. The van der Waals surface area contributed by atoms with Gasteiger partial charge >= 0.3 is 6.18 Å². The third-order valence-electron chi connectivity index (χ3n) is 4.65. The van der Waals surface area contributed by atoms with Gasteiger partial charge in [0.15, 0.2) is 11.0 Å². The number of hydrogen-bond donors (Lipinski definition) is 1. The molecule has 0 radical (unpaired) electrons. The van der Waals surface area contributed by atoms with Gasteiger partial charge in [-0.05, 0) is 41.8 Å². The van der Waals surface area contributed by atoms with Gasteiger partial charge in [0.05, 0.1) is 11.3 Å². The van der Waals surface area contributed by atoms with Crippen molar-refractivity contribution >= 4 is 23.4 Å². The number of benzene rings is 2. The molecule has 1 heterocycles. The van der Waals surface area contributed by atoms with Crippen LogP contribution in [-0.2, 0) is 24.6 Å². The average molecular weight is 465 g/mol. The molecule has 0 unspecified atom stereocenters. The van der Waals surface area contributed by atoms with Crippen molar-refractivity contribution in [2.45, 2.75) is 37.7 Å². The number of hydrogen-bond acceptors (Lipinski definition) is 5. The third-order valence-corrected chi connectivity index (χ3v) is 5.67. The maximum atomic E-state index is 12.8. The van der Waals surface area contributed by atoms with Gasteiger partial charge in [0.25, 0.3) is 0 Å². The molecule has 0 aliphatic carbocycles. The molecule has 0 aliphatic heterocycles. The van der Waals surface area contributed by atoms with Crippen molar-refractivity contribution in [2.75, 3.05) is 11.1 Å². The topological polar surface area (TPSA) is 69.0 Å². The predicted molar refractivity (Wildman–Crippen MR) is 117 cm³/mol. The van der Waals surface area contributed by atoms with E-state index in [1.807, 2.05) is 24.3 Å². The van der Waals surface area contributed by atoms with Crippen LogP contribution < -0.4 is 10.1 Å². The van der Waals surface area contributed by atoms with Crippen molar-refractivity contribution in [1.29, 1.82) is 0 Å². The lowest BCUT2D eigenvalue weighted by molar-refractivity contribution is -0.137. The zero-order valence-electron chi connectivity index (χ0n) is 17.8. The van der Waals surface area contributed by atoms with E-state index < -0.39 is 11.7 Å². The fraction of sp³-hybridized carbons (Fsp3) is 0.318. The number of rotatable bonds is 8. The molecule has 1 aromatic heterocycles. The fourth-order valence-corrected chi connectivity index (χ4v) is 3.52. The van der Waals surface area contributed by atoms with Gasteiger partial charge in [-0.15, -0.1) is 10.2 Å². The first-order chi connectivity index (χ1) is 15.1. The Kier molecular flexibility index (Phi) is 7.44. The van der Waals surface area contributed by atoms with Crippen molar-refractivity contribution in [2.24, 2.45) is 7.05 Å². The van der Waals surface area contributed by atoms with Crippen molar-refractivity contribution in [1.82, 2.24) is 14.8 Å². The Morgan fingerprint density at radius 2 is 1.88 bits per heavy atom. The van der Waals surface area contributed by atoms with Crippen LogP contribution in [0.1, 0.15) is 36.7 Å². The predicted octanol–water partition coefficient (Wildman–Crippen LogP) is 5.27. The number of carbonyl (C=O) groups is 1. The Hall–Kier alpha value is -3.01. The number of nitrogens with one attached hydrogen (secondary N) is 1. The van der Waals surface area contributed by atoms with Gasteiger partial charge in [0.1, 0.15) is 12.4 Å². The molecule has 2 aromatic carbocycles. The molecule has 0 spiro atoms. The van der Waals surface area contributed by atoms with Crippen LogP contribution in [-0.4, -0.2) is 26.4 Å². The van der Waals surface area contributed by atoms with Crippen LogP contribution in [0.15, 0.2) is 53.7 Å². The van der Waals surface area contributed by atoms with Gasteiger partial charge in [0.2, 0.25) is 5.91 Å². The summed E-state index contributed by atoms with van der Waals surface area (Å²) in [5, 5.41) is 11.4. The number of carbonyl (C=O) groups excluding carboxylic acids is 1. The summed E-state index contributed by atoms with van der Waals surface area (Å²) in [7, 11) is 1.70. The van der Waals surface area contributed by atoms with E-state index in [0.717, 1.165) is 12.1 Å². The number of ether oxygens (including phenoxy) is 1. The number of aromatic nitrogens is 3. The molecule has 0 saturated carbocycles. The minimum atomic E-state index is -4.44. The molecule has 170 valence electrons. The molecule has 0 saturated heterocycles. The fourth-order valence-electron chi connectivity index (χ4n) is 2.79. The molecule has 3 aromatic rings. The highest BCUT2D eigenvalue weighted by Gasteiger charge is 2.30. The minimum Gasteiger partial charge on any atom is -0.486 e. The summed E-state index contributed by atoms with van der Waals surface area (Å²) < 4.78 is 45.5. The molecule has 3 rings (SSSR count). The summed E-state index contributed by atoms with van der Waals surface area (Å²) in [4.78, 5) is 12.2.